The fraction of sp³-hybridized carbons (Fsp3) is 0.130. The smallest absolute Gasteiger partial charge is 0.337 e. The summed E-state index contributed by atoms with van der Waals surface area (Å²) in [5.74, 6) is -1.26. The Morgan fingerprint density at radius 2 is 1.64 bits per heavy atom. The number of amides is 3. The second kappa shape index (κ2) is 10.4. The molecule has 33 heavy (non-hydrogen) atoms. The van der Waals surface area contributed by atoms with E-state index in [1.54, 1.807) is 12.1 Å². The standard InChI is InChI=1S/C23H19F4N3O2S/c24-20-7-2-1-6-19(20)21(31)29-17-8-10-18(11-9-17)30(33)22(32)28-13-12-15-4-3-5-16(14-15)23(25,26)27/h1-11,14,33H,12-13H2,(H,28,32)(H,29,31). The van der Waals surface area contributed by atoms with Crippen molar-refractivity contribution in [3.63, 3.8) is 0 Å². The lowest BCUT2D eigenvalue weighted by molar-refractivity contribution is -0.137. The maximum atomic E-state index is 13.7. The van der Waals surface area contributed by atoms with Crippen molar-refractivity contribution in [1.82, 2.24) is 5.32 Å². The lowest BCUT2D eigenvalue weighted by Crippen LogP contribution is -2.35. The Balaban J connectivity index is 1.53. The Labute approximate surface area is 193 Å². The fourth-order valence-corrected chi connectivity index (χ4v) is 3.14. The zero-order valence-corrected chi connectivity index (χ0v) is 18.0. The number of alkyl halides is 3. The van der Waals surface area contributed by atoms with Crippen molar-refractivity contribution in [1.29, 1.82) is 0 Å². The lowest BCUT2D eigenvalue weighted by Gasteiger charge is -2.17. The van der Waals surface area contributed by atoms with Crippen molar-refractivity contribution < 1.29 is 27.2 Å². The van der Waals surface area contributed by atoms with E-state index in [4.69, 9.17) is 0 Å². The molecular weight excluding hydrogens is 458 g/mol. The summed E-state index contributed by atoms with van der Waals surface area (Å²) in [6.07, 6.45) is -4.22. The third kappa shape index (κ3) is 6.48. The zero-order valence-electron chi connectivity index (χ0n) is 17.1. The molecule has 0 bridgehead atoms. The van der Waals surface area contributed by atoms with Gasteiger partial charge in [-0.05, 0) is 54.4 Å². The summed E-state index contributed by atoms with van der Waals surface area (Å²) in [4.78, 5) is 24.5. The zero-order chi connectivity index (χ0) is 24.0. The molecule has 3 aromatic rings. The van der Waals surface area contributed by atoms with E-state index >= 15 is 0 Å². The highest BCUT2D eigenvalue weighted by atomic mass is 32.1. The van der Waals surface area contributed by atoms with Crippen LogP contribution in [-0.2, 0) is 12.6 Å². The third-order valence-corrected chi connectivity index (χ3v) is 5.04. The number of urea groups is 1. The molecule has 10 heteroatoms. The Kier molecular flexibility index (Phi) is 7.59. The van der Waals surface area contributed by atoms with Gasteiger partial charge in [-0.25, -0.2) is 13.5 Å². The molecule has 0 aliphatic heterocycles. The van der Waals surface area contributed by atoms with E-state index in [2.05, 4.69) is 23.4 Å². The molecule has 0 spiro atoms. The molecule has 0 aliphatic carbocycles. The highest BCUT2D eigenvalue weighted by Crippen LogP contribution is 2.29. The summed E-state index contributed by atoms with van der Waals surface area (Å²) >= 11 is 4.14. The van der Waals surface area contributed by atoms with Gasteiger partial charge in [0.25, 0.3) is 5.91 Å². The van der Waals surface area contributed by atoms with E-state index in [-0.39, 0.29) is 18.5 Å². The molecule has 5 nitrogen and oxygen atoms in total. The van der Waals surface area contributed by atoms with Gasteiger partial charge in [0.05, 0.1) is 16.8 Å². The van der Waals surface area contributed by atoms with Crippen LogP contribution in [-0.4, -0.2) is 18.5 Å². The monoisotopic (exact) mass is 477 g/mol. The van der Waals surface area contributed by atoms with Crippen molar-refractivity contribution in [2.45, 2.75) is 12.6 Å². The molecule has 0 fully saturated rings. The molecule has 0 heterocycles. The van der Waals surface area contributed by atoms with Crippen molar-refractivity contribution in [2.24, 2.45) is 0 Å². The van der Waals surface area contributed by atoms with E-state index in [0.717, 1.165) is 16.4 Å². The number of nitrogens with one attached hydrogen (secondary N) is 2. The first-order valence-electron chi connectivity index (χ1n) is 9.74. The maximum absolute atomic E-state index is 13.7. The number of rotatable bonds is 6. The molecule has 0 atom stereocenters. The molecule has 2 N–H and O–H groups in total. The van der Waals surface area contributed by atoms with Gasteiger partial charge in [-0.3, -0.25) is 4.79 Å². The van der Waals surface area contributed by atoms with Crippen LogP contribution in [0.15, 0.2) is 72.8 Å². The fourth-order valence-electron chi connectivity index (χ4n) is 2.94. The number of anilines is 2. The van der Waals surface area contributed by atoms with Crippen molar-refractivity contribution >= 4 is 36.1 Å². The average molecular weight is 477 g/mol. The predicted octanol–water partition coefficient (Wildman–Crippen LogP) is 5.70. The van der Waals surface area contributed by atoms with Gasteiger partial charge < -0.3 is 10.6 Å². The van der Waals surface area contributed by atoms with Gasteiger partial charge >= 0.3 is 12.2 Å². The number of hydrogen-bond donors (Lipinski definition) is 3. The number of halogens is 4. The maximum Gasteiger partial charge on any atom is 0.416 e. The first-order chi connectivity index (χ1) is 15.6. The van der Waals surface area contributed by atoms with E-state index in [1.807, 2.05) is 0 Å². The number of hydrogen-bond acceptors (Lipinski definition) is 3. The average Bonchev–Trinajstić information content (AvgIpc) is 2.79. The quantitative estimate of drug-likeness (QED) is 0.315. The van der Waals surface area contributed by atoms with Crippen LogP contribution >= 0.6 is 12.8 Å². The normalized spacial score (nSPS) is 11.1. The van der Waals surface area contributed by atoms with Crippen molar-refractivity contribution in [3.8, 4) is 0 Å². The van der Waals surface area contributed by atoms with Crippen LogP contribution < -0.4 is 14.9 Å². The molecular formula is C23H19F4N3O2S. The van der Waals surface area contributed by atoms with E-state index in [1.165, 1.54) is 48.5 Å². The van der Waals surface area contributed by atoms with E-state index in [9.17, 15) is 27.2 Å². The largest absolute Gasteiger partial charge is 0.416 e. The molecule has 172 valence electrons. The van der Waals surface area contributed by atoms with Crippen LogP contribution in [0.3, 0.4) is 0 Å². The summed E-state index contributed by atoms with van der Waals surface area (Å²) in [5, 5.41) is 5.14. The molecule has 0 saturated carbocycles. The van der Waals surface area contributed by atoms with Crippen molar-refractivity contribution in [3.05, 3.63) is 95.3 Å². The van der Waals surface area contributed by atoms with Crippen LogP contribution in [0.4, 0.5) is 33.7 Å². The number of nitrogens with zero attached hydrogens (tertiary/aromatic N) is 1. The highest BCUT2D eigenvalue weighted by Gasteiger charge is 2.30. The van der Waals surface area contributed by atoms with Gasteiger partial charge in [0.2, 0.25) is 0 Å². The summed E-state index contributed by atoms with van der Waals surface area (Å²) < 4.78 is 53.1. The number of carbonyl (C=O) groups is 2. The minimum absolute atomic E-state index is 0.0995. The van der Waals surface area contributed by atoms with Gasteiger partial charge in [-0.15, -0.1) is 0 Å². The second-order valence-electron chi connectivity index (χ2n) is 6.97. The Morgan fingerprint density at radius 1 is 0.939 bits per heavy atom. The summed E-state index contributed by atoms with van der Waals surface area (Å²) in [5.41, 5.74) is 0.366. The summed E-state index contributed by atoms with van der Waals surface area (Å²) in [6.45, 7) is 0.105. The minimum Gasteiger partial charge on any atom is -0.337 e. The second-order valence-corrected chi connectivity index (χ2v) is 7.37. The Morgan fingerprint density at radius 3 is 2.30 bits per heavy atom. The molecule has 3 aromatic carbocycles. The van der Waals surface area contributed by atoms with Crippen LogP contribution in [0.2, 0.25) is 0 Å². The SMILES string of the molecule is O=C(Nc1ccc(N(S)C(=O)NCCc2cccc(C(F)(F)F)c2)cc1)c1ccccc1F. The first-order valence-corrected chi connectivity index (χ1v) is 10.1. The lowest BCUT2D eigenvalue weighted by atomic mass is 10.1. The molecule has 0 aromatic heterocycles. The Hall–Kier alpha value is -3.53. The van der Waals surface area contributed by atoms with Gasteiger partial charge in [-0.2, -0.15) is 13.2 Å². The van der Waals surface area contributed by atoms with Gasteiger partial charge in [0.1, 0.15) is 5.82 Å². The molecule has 0 saturated heterocycles. The van der Waals surface area contributed by atoms with Gasteiger partial charge in [0.15, 0.2) is 0 Å². The van der Waals surface area contributed by atoms with E-state index in [0.29, 0.717) is 16.9 Å². The van der Waals surface area contributed by atoms with E-state index < -0.39 is 29.5 Å². The van der Waals surface area contributed by atoms with Crippen LogP contribution in [0.5, 0.6) is 0 Å². The van der Waals surface area contributed by atoms with Gasteiger partial charge in [-0.1, -0.05) is 43.1 Å². The summed E-state index contributed by atoms with van der Waals surface area (Å²) in [7, 11) is 0. The highest BCUT2D eigenvalue weighted by molar-refractivity contribution is 7.82. The molecule has 0 unspecified atom stereocenters. The molecule has 0 radical (unpaired) electrons. The minimum atomic E-state index is -4.43. The summed E-state index contributed by atoms with van der Waals surface area (Å²) in [6, 6.07) is 16.0. The molecule has 3 amide bonds. The van der Waals surface area contributed by atoms with Crippen LogP contribution in [0.1, 0.15) is 21.5 Å². The number of thiol groups is 1. The Bertz CT molecular complexity index is 1140. The first kappa shape index (κ1) is 24.1. The topological polar surface area (TPSA) is 61.4 Å². The van der Waals surface area contributed by atoms with Crippen molar-refractivity contribution in [2.75, 3.05) is 16.2 Å². The third-order valence-electron chi connectivity index (χ3n) is 4.62. The predicted molar refractivity (Wildman–Crippen MR) is 121 cm³/mol. The molecule has 0 aliphatic rings. The number of benzene rings is 3. The number of carbonyl (C=O) groups excluding carboxylic acids is 2. The molecule has 3 rings (SSSR count). The van der Waals surface area contributed by atoms with Crippen LogP contribution in [0, 0.1) is 5.82 Å². The van der Waals surface area contributed by atoms with Gasteiger partial charge in [0, 0.05) is 12.2 Å². The van der Waals surface area contributed by atoms with Crippen LogP contribution in [0.25, 0.3) is 0 Å².